The quantitative estimate of drug-likeness (QED) is 0.815. The molecule has 0 N–H and O–H groups in total. The summed E-state index contributed by atoms with van der Waals surface area (Å²) in [4.78, 5) is 12.1. The highest BCUT2D eigenvalue weighted by Gasteiger charge is 2.26. The van der Waals surface area contributed by atoms with E-state index in [1.807, 2.05) is 0 Å². The first kappa shape index (κ1) is 13.8. The maximum atomic E-state index is 13.1. The number of esters is 1. The molecule has 1 aliphatic rings. The fraction of sp³-hybridized carbons (Fsp3) is 0.375. The molecular weight excluding hydrogens is 271 g/mol. The molecule has 4 nitrogen and oxygen atoms in total. The zero-order chi connectivity index (χ0) is 14.8. The minimum atomic E-state index is -0.378. The van der Waals surface area contributed by atoms with Crippen LogP contribution in [0.3, 0.4) is 0 Å². The number of rotatable bonds is 3. The Hall–Kier alpha value is -2.17. The summed E-state index contributed by atoms with van der Waals surface area (Å²) in [5, 5.41) is 4.43. The number of carbonyl (C=O) groups is 1. The van der Waals surface area contributed by atoms with Gasteiger partial charge in [0, 0.05) is 11.3 Å². The van der Waals surface area contributed by atoms with Gasteiger partial charge in [-0.15, -0.1) is 0 Å². The smallest absolute Gasteiger partial charge is 0.359 e. The van der Waals surface area contributed by atoms with Gasteiger partial charge in [0.25, 0.3) is 0 Å². The van der Waals surface area contributed by atoms with Gasteiger partial charge < -0.3 is 4.74 Å². The Bertz CT molecular complexity index is 662. The number of fused-ring (bicyclic) bond motifs is 1. The summed E-state index contributed by atoms with van der Waals surface area (Å²) in [6, 6.07) is 6.14. The number of hydrogen-bond donors (Lipinski definition) is 0. The molecule has 1 aliphatic carbocycles. The highest BCUT2D eigenvalue weighted by atomic mass is 19.1. The van der Waals surface area contributed by atoms with Crippen LogP contribution in [0.15, 0.2) is 24.3 Å². The fourth-order valence-corrected chi connectivity index (χ4v) is 2.76. The second kappa shape index (κ2) is 5.68. The van der Waals surface area contributed by atoms with Crippen LogP contribution in [0.2, 0.25) is 0 Å². The summed E-state index contributed by atoms with van der Waals surface area (Å²) in [6.45, 7) is 2.11. The van der Waals surface area contributed by atoms with Crippen molar-refractivity contribution in [3.63, 3.8) is 0 Å². The van der Waals surface area contributed by atoms with E-state index in [1.165, 1.54) is 12.1 Å². The Morgan fingerprint density at radius 2 is 2.00 bits per heavy atom. The van der Waals surface area contributed by atoms with Gasteiger partial charge in [-0.1, -0.05) is 0 Å². The van der Waals surface area contributed by atoms with E-state index in [0.717, 1.165) is 42.6 Å². The zero-order valence-electron chi connectivity index (χ0n) is 11.9. The predicted molar refractivity (Wildman–Crippen MR) is 76.1 cm³/mol. The number of nitrogens with zero attached hydrogens (tertiary/aromatic N) is 2. The van der Waals surface area contributed by atoms with E-state index in [-0.39, 0.29) is 11.8 Å². The lowest BCUT2D eigenvalue weighted by molar-refractivity contribution is 0.0517. The van der Waals surface area contributed by atoms with Crippen molar-refractivity contribution >= 4 is 5.97 Å². The number of carbonyl (C=O) groups excluding carboxylic acids is 1. The molecule has 0 spiro atoms. The van der Waals surface area contributed by atoms with E-state index >= 15 is 0 Å². The molecule has 3 rings (SSSR count). The third-order valence-corrected chi connectivity index (χ3v) is 3.72. The van der Waals surface area contributed by atoms with Gasteiger partial charge in [0.05, 0.1) is 12.3 Å². The molecule has 0 radical (unpaired) electrons. The van der Waals surface area contributed by atoms with Crippen molar-refractivity contribution in [3.8, 4) is 5.69 Å². The van der Waals surface area contributed by atoms with Gasteiger partial charge in [-0.3, -0.25) is 0 Å². The maximum Gasteiger partial charge on any atom is 0.359 e. The number of benzene rings is 1. The Balaban J connectivity index is 2.08. The molecule has 0 fully saturated rings. The van der Waals surface area contributed by atoms with Gasteiger partial charge in [-0.25, -0.2) is 13.9 Å². The van der Waals surface area contributed by atoms with Crippen LogP contribution in [0.1, 0.15) is 41.5 Å². The number of halogens is 1. The zero-order valence-corrected chi connectivity index (χ0v) is 11.9. The second-order valence-electron chi connectivity index (χ2n) is 5.09. The Morgan fingerprint density at radius 1 is 1.29 bits per heavy atom. The molecule has 1 heterocycles. The van der Waals surface area contributed by atoms with Gasteiger partial charge in [-0.05, 0) is 56.9 Å². The summed E-state index contributed by atoms with van der Waals surface area (Å²) in [7, 11) is 0. The van der Waals surface area contributed by atoms with Crippen molar-refractivity contribution in [3.05, 3.63) is 47.0 Å². The van der Waals surface area contributed by atoms with Gasteiger partial charge in [0.15, 0.2) is 5.69 Å². The molecule has 0 saturated carbocycles. The average Bonchev–Trinajstić information content (AvgIpc) is 2.88. The van der Waals surface area contributed by atoms with Crippen LogP contribution >= 0.6 is 0 Å². The third-order valence-electron chi connectivity index (χ3n) is 3.72. The molecule has 0 atom stereocenters. The Kier molecular flexibility index (Phi) is 3.73. The standard InChI is InChI=1S/C16H17FN2O2/c1-2-21-16(20)15-13-5-3-4-6-14(13)19(18-15)12-9-7-11(17)8-10-12/h7-10H,2-6H2,1H3. The molecule has 2 aromatic rings. The lowest BCUT2D eigenvalue weighted by atomic mass is 9.95. The average molecular weight is 288 g/mol. The van der Waals surface area contributed by atoms with Crippen molar-refractivity contribution in [2.75, 3.05) is 6.61 Å². The largest absolute Gasteiger partial charge is 0.461 e. The van der Waals surface area contributed by atoms with Crippen LogP contribution in [0.4, 0.5) is 4.39 Å². The summed E-state index contributed by atoms with van der Waals surface area (Å²) < 4.78 is 19.9. The van der Waals surface area contributed by atoms with Crippen LogP contribution in [-0.4, -0.2) is 22.4 Å². The maximum absolute atomic E-state index is 13.1. The Morgan fingerprint density at radius 3 is 2.71 bits per heavy atom. The Labute approximate surface area is 122 Å². The van der Waals surface area contributed by atoms with E-state index in [0.29, 0.717) is 12.3 Å². The molecule has 21 heavy (non-hydrogen) atoms. The topological polar surface area (TPSA) is 44.1 Å². The first-order chi connectivity index (χ1) is 10.2. The van der Waals surface area contributed by atoms with E-state index < -0.39 is 0 Å². The second-order valence-corrected chi connectivity index (χ2v) is 5.09. The van der Waals surface area contributed by atoms with Crippen LogP contribution in [0.25, 0.3) is 5.69 Å². The molecule has 0 unspecified atom stereocenters. The van der Waals surface area contributed by atoms with Crippen molar-refractivity contribution in [2.45, 2.75) is 32.6 Å². The number of ether oxygens (including phenoxy) is 1. The summed E-state index contributed by atoms with van der Waals surface area (Å²) in [6.07, 6.45) is 3.83. The molecule has 1 aromatic carbocycles. The number of aromatic nitrogens is 2. The fourth-order valence-electron chi connectivity index (χ4n) is 2.76. The molecular formula is C16H17FN2O2. The molecule has 0 saturated heterocycles. The van der Waals surface area contributed by atoms with Crippen molar-refractivity contribution in [2.24, 2.45) is 0 Å². The van der Waals surface area contributed by atoms with Gasteiger partial charge in [0.1, 0.15) is 5.82 Å². The molecule has 0 amide bonds. The van der Waals surface area contributed by atoms with Crippen LogP contribution < -0.4 is 0 Å². The highest BCUT2D eigenvalue weighted by Crippen LogP contribution is 2.27. The van der Waals surface area contributed by atoms with E-state index in [4.69, 9.17) is 4.74 Å². The summed E-state index contributed by atoms with van der Waals surface area (Å²) >= 11 is 0. The van der Waals surface area contributed by atoms with E-state index in [1.54, 1.807) is 23.7 Å². The monoisotopic (exact) mass is 288 g/mol. The normalized spacial score (nSPS) is 13.8. The molecule has 5 heteroatoms. The first-order valence-corrected chi connectivity index (χ1v) is 7.24. The lowest BCUT2D eigenvalue weighted by Crippen LogP contribution is -2.10. The van der Waals surface area contributed by atoms with E-state index in [9.17, 15) is 9.18 Å². The SMILES string of the molecule is CCOC(=O)c1nn(-c2ccc(F)cc2)c2c1CCCC2. The van der Waals surface area contributed by atoms with Crippen molar-refractivity contribution in [1.82, 2.24) is 9.78 Å². The third kappa shape index (κ3) is 2.55. The van der Waals surface area contributed by atoms with Gasteiger partial charge >= 0.3 is 5.97 Å². The molecule has 0 bridgehead atoms. The molecule has 0 aliphatic heterocycles. The van der Waals surface area contributed by atoms with Crippen LogP contribution in [0, 0.1) is 5.82 Å². The van der Waals surface area contributed by atoms with Crippen LogP contribution in [-0.2, 0) is 17.6 Å². The molecule has 1 aromatic heterocycles. The highest BCUT2D eigenvalue weighted by molar-refractivity contribution is 5.89. The molecule has 110 valence electrons. The summed E-state index contributed by atoms with van der Waals surface area (Å²) in [5.41, 5.74) is 3.18. The van der Waals surface area contributed by atoms with Crippen molar-refractivity contribution < 1.29 is 13.9 Å². The number of hydrogen-bond acceptors (Lipinski definition) is 3. The predicted octanol–water partition coefficient (Wildman–Crippen LogP) is 3.07. The van der Waals surface area contributed by atoms with Gasteiger partial charge in [-0.2, -0.15) is 5.10 Å². The van der Waals surface area contributed by atoms with E-state index in [2.05, 4.69) is 5.10 Å². The van der Waals surface area contributed by atoms with Crippen LogP contribution in [0.5, 0.6) is 0 Å². The summed E-state index contributed by atoms with van der Waals surface area (Å²) in [5.74, 6) is -0.665. The van der Waals surface area contributed by atoms with Gasteiger partial charge in [0.2, 0.25) is 0 Å². The van der Waals surface area contributed by atoms with Crippen molar-refractivity contribution in [1.29, 1.82) is 0 Å². The minimum Gasteiger partial charge on any atom is -0.461 e. The minimum absolute atomic E-state index is 0.287. The first-order valence-electron chi connectivity index (χ1n) is 7.24. The lowest BCUT2D eigenvalue weighted by Gasteiger charge is -2.14.